The lowest BCUT2D eigenvalue weighted by atomic mass is 10.2. The molecule has 0 radical (unpaired) electrons. The van der Waals surface area contributed by atoms with Gasteiger partial charge in [-0.25, -0.2) is 10.4 Å². The SMILES string of the molecule is O=C(CSc1nc2ccccc2c(=O)n1-c1ccccc1)NN=CC=Cc1ccccc1. The molecular formula is C25H20N4O2S. The highest BCUT2D eigenvalue weighted by Gasteiger charge is 2.14. The van der Waals surface area contributed by atoms with Crippen molar-refractivity contribution in [1.29, 1.82) is 0 Å². The Morgan fingerprint density at radius 3 is 2.44 bits per heavy atom. The Morgan fingerprint density at radius 2 is 1.66 bits per heavy atom. The van der Waals surface area contributed by atoms with Crippen LogP contribution < -0.4 is 11.0 Å². The highest BCUT2D eigenvalue weighted by molar-refractivity contribution is 7.99. The van der Waals surface area contributed by atoms with E-state index in [-0.39, 0.29) is 17.2 Å². The Balaban J connectivity index is 1.48. The molecule has 0 atom stereocenters. The number of amides is 1. The first kappa shape index (κ1) is 21.3. The summed E-state index contributed by atoms with van der Waals surface area (Å²) in [6, 6.07) is 26.3. The number of carbonyl (C=O) groups is 1. The summed E-state index contributed by atoms with van der Waals surface area (Å²) < 4.78 is 1.53. The van der Waals surface area contributed by atoms with Crippen LogP contribution in [0.2, 0.25) is 0 Å². The zero-order chi connectivity index (χ0) is 22.2. The molecule has 32 heavy (non-hydrogen) atoms. The van der Waals surface area contributed by atoms with Crippen molar-refractivity contribution in [2.24, 2.45) is 5.10 Å². The molecule has 7 heteroatoms. The summed E-state index contributed by atoms with van der Waals surface area (Å²) in [6.07, 6.45) is 5.16. The molecule has 4 aromatic rings. The Kier molecular flexibility index (Phi) is 6.89. The van der Waals surface area contributed by atoms with Gasteiger partial charge in [0.2, 0.25) is 0 Å². The fraction of sp³-hybridized carbons (Fsp3) is 0.0400. The van der Waals surface area contributed by atoms with Crippen molar-refractivity contribution in [3.8, 4) is 5.69 Å². The van der Waals surface area contributed by atoms with Crippen molar-refractivity contribution < 1.29 is 4.79 Å². The van der Waals surface area contributed by atoms with Crippen LogP contribution in [-0.4, -0.2) is 27.4 Å². The lowest BCUT2D eigenvalue weighted by Crippen LogP contribution is -2.24. The second kappa shape index (κ2) is 10.4. The van der Waals surface area contributed by atoms with Crippen molar-refractivity contribution in [3.05, 3.63) is 107 Å². The number of hydrogen-bond acceptors (Lipinski definition) is 5. The molecule has 0 bridgehead atoms. The smallest absolute Gasteiger partial charge is 0.266 e. The minimum Gasteiger partial charge on any atom is -0.272 e. The van der Waals surface area contributed by atoms with Crippen LogP contribution in [0.5, 0.6) is 0 Å². The van der Waals surface area contributed by atoms with Gasteiger partial charge in [-0.1, -0.05) is 78.5 Å². The standard InChI is InChI=1S/C25H20N4O2S/c30-23(28-26-17-9-12-19-10-3-1-4-11-19)18-32-25-27-22-16-8-7-15-21(22)24(31)29(25)20-13-5-2-6-14-20/h1-17H,18H2,(H,28,30). The Hall–Kier alpha value is -3.97. The van der Waals surface area contributed by atoms with E-state index in [0.717, 1.165) is 5.56 Å². The number of benzene rings is 3. The molecule has 3 aromatic carbocycles. The molecule has 0 saturated carbocycles. The fourth-order valence-corrected chi connectivity index (χ4v) is 3.85. The number of aromatic nitrogens is 2. The number of hydrazone groups is 1. The zero-order valence-corrected chi connectivity index (χ0v) is 17.9. The fourth-order valence-electron chi connectivity index (χ4n) is 3.05. The van der Waals surface area contributed by atoms with Gasteiger partial charge in [-0.15, -0.1) is 0 Å². The van der Waals surface area contributed by atoms with E-state index >= 15 is 0 Å². The van der Waals surface area contributed by atoms with Gasteiger partial charge in [0.15, 0.2) is 5.16 Å². The predicted molar refractivity (Wildman–Crippen MR) is 130 cm³/mol. The molecule has 0 aliphatic heterocycles. The molecule has 0 aliphatic carbocycles. The van der Waals surface area contributed by atoms with Crippen LogP contribution in [-0.2, 0) is 4.79 Å². The van der Waals surface area contributed by atoms with E-state index in [1.807, 2.05) is 78.9 Å². The molecule has 158 valence electrons. The van der Waals surface area contributed by atoms with E-state index in [0.29, 0.717) is 21.7 Å². The first-order chi connectivity index (χ1) is 15.7. The third-order valence-electron chi connectivity index (χ3n) is 4.53. The summed E-state index contributed by atoms with van der Waals surface area (Å²) in [7, 11) is 0. The minimum absolute atomic E-state index is 0.0668. The third kappa shape index (κ3) is 5.19. The molecule has 1 heterocycles. The zero-order valence-electron chi connectivity index (χ0n) is 17.1. The number of nitrogens with zero attached hydrogens (tertiary/aromatic N) is 3. The van der Waals surface area contributed by atoms with Crippen molar-refractivity contribution in [3.63, 3.8) is 0 Å². The van der Waals surface area contributed by atoms with E-state index in [1.54, 1.807) is 18.2 Å². The second-order valence-corrected chi connectivity index (χ2v) is 7.70. The van der Waals surface area contributed by atoms with E-state index in [9.17, 15) is 9.59 Å². The molecule has 0 fully saturated rings. The van der Waals surface area contributed by atoms with Gasteiger partial charge in [0.05, 0.1) is 22.3 Å². The number of fused-ring (bicyclic) bond motifs is 1. The normalized spacial score (nSPS) is 11.4. The van der Waals surface area contributed by atoms with Gasteiger partial charge in [0, 0.05) is 6.21 Å². The van der Waals surface area contributed by atoms with Gasteiger partial charge in [-0.05, 0) is 35.9 Å². The molecule has 1 aromatic heterocycles. The van der Waals surface area contributed by atoms with Crippen molar-refractivity contribution in [1.82, 2.24) is 15.0 Å². The number of hydrogen-bond donors (Lipinski definition) is 1. The van der Waals surface area contributed by atoms with Crippen LogP contribution in [0.15, 0.2) is 106 Å². The van der Waals surface area contributed by atoms with E-state index in [2.05, 4.69) is 15.5 Å². The number of rotatable bonds is 7. The summed E-state index contributed by atoms with van der Waals surface area (Å²) in [6.45, 7) is 0. The molecule has 0 aliphatic rings. The van der Waals surface area contributed by atoms with Crippen LogP contribution in [0.25, 0.3) is 22.7 Å². The lowest BCUT2D eigenvalue weighted by molar-refractivity contribution is -0.118. The van der Waals surface area contributed by atoms with Crippen molar-refractivity contribution >= 4 is 40.9 Å². The maximum absolute atomic E-state index is 13.1. The maximum Gasteiger partial charge on any atom is 0.266 e. The van der Waals surface area contributed by atoms with Crippen molar-refractivity contribution in [2.45, 2.75) is 5.16 Å². The first-order valence-corrected chi connectivity index (χ1v) is 10.9. The molecular weight excluding hydrogens is 420 g/mol. The molecule has 1 N–H and O–H groups in total. The Bertz CT molecular complexity index is 1330. The second-order valence-electron chi connectivity index (χ2n) is 6.76. The van der Waals surface area contributed by atoms with Gasteiger partial charge in [0.25, 0.3) is 11.5 Å². The quantitative estimate of drug-likeness (QED) is 0.201. The average Bonchev–Trinajstić information content (AvgIpc) is 2.84. The first-order valence-electron chi connectivity index (χ1n) is 9.96. The summed E-state index contributed by atoms with van der Waals surface area (Å²) in [5, 5.41) is 4.91. The van der Waals surface area contributed by atoms with Crippen LogP contribution in [0.1, 0.15) is 5.56 Å². The van der Waals surface area contributed by atoms with Gasteiger partial charge >= 0.3 is 0 Å². The van der Waals surface area contributed by atoms with Crippen molar-refractivity contribution in [2.75, 3.05) is 5.75 Å². The molecule has 0 saturated heterocycles. The Labute approximate surface area is 189 Å². The molecule has 1 amide bonds. The summed E-state index contributed by atoms with van der Waals surface area (Å²) >= 11 is 1.19. The van der Waals surface area contributed by atoms with Gasteiger partial charge in [0.1, 0.15) is 0 Å². The van der Waals surface area contributed by atoms with Gasteiger partial charge < -0.3 is 0 Å². The topological polar surface area (TPSA) is 76.3 Å². The van der Waals surface area contributed by atoms with E-state index in [1.165, 1.54) is 22.5 Å². The number of thioether (sulfide) groups is 1. The number of allylic oxidation sites excluding steroid dienone is 1. The minimum atomic E-state index is -0.290. The third-order valence-corrected chi connectivity index (χ3v) is 5.47. The number of carbonyl (C=O) groups excluding carboxylic acids is 1. The molecule has 0 spiro atoms. The number of nitrogens with one attached hydrogen (secondary N) is 1. The van der Waals surface area contributed by atoms with Crippen LogP contribution in [0, 0.1) is 0 Å². The highest BCUT2D eigenvalue weighted by Crippen LogP contribution is 2.21. The highest BCUT2D eigenvalue weighted by atomic mass is 32.2. The van der Waals surface area contributed by atoms with Gasteiger partial charge in [-0.2, -0.15) is 5.10 Å². The van der Waals surface area contributed by atoms with Gasteiger partial charge in [-0.3, -0.25) is 14.2 Å². The summed E-state index contributed by atoms with van der Waals surface area (Å²) in [4.78, 5) is 30.0. The molecule has 6 nitrogen and oxygen atoms in total. The monoisotopic (exact) mass is 440 g/mol. The van der Waals surface area contributed by atoms with E-state index in [4.69, 9.17) is 0 Å². The average molecular weight is 441 g/mol. The summed E-state index contributed by atoms with van der Waals surface area (Å²) in [5.41, 5.74) is 4.66. The van der Waals surface area contributed by atoms with E-state index < -0.39 is 0 Å². The Morgan fingerprint density at radius 1 is 0.969 bits per heavy atom. The lowest BCUT2D eigenvalue weighted by Gasteiger charge is -2.12. The predicted octanol–water partition coefficient (Wildman–Crippen LogP) is 4.29. The molecule has 4 rings (SSSR count). The van der Waals surface area contributed by atoms with Crippen LogP contribution >= 0.6 is 11.8 Å². The maximum atomic E-state index is 13.1. The number of para-hydroxylation sites is 2. The van der Waals surface area contributed by atoms with Crippen LogP contribution in [0.3, 0.4) is 0 Å². The summed E-state index contributed by atoms with van der Waals surface area (Å²) in [5.74, 6) is -0.224. The largest absolute Gasteiger partial charge is 0.272 e. The van der Waals surface area contributed by atoms with Crippen LogP contribution in [0.4, 0.5) is 0 Å². The molecule has 0 unspecified atom stereocenters.